The van der Waals surface area contributed by atoms with E-state index >= 15 is 0 Å². The molecule has 2 nitrogen and oxygen atoms in total. The van der Waals surface area contributed by atoms with E-state index in [9.17, 15) is 0 Å². The van der Waals surface area contributed by atoms with Gasteiger partial charge in [-0.25, -0.2) is 0 Å². The zero-order valence-corrected chi connectivity index (χ0v) is 7.76. The molecule has 0 aromatic rings. The maximum Gasteiger partial charge on any atom is 0.0572 e. The molecule has 3 unspecified atom stereocenters. The van der Waals surface area contributed by atoms with Gasteiger partial charge >= 0.3 is 0 Å². The highest BCUT2D eigenvalue weighted by atomic mass is 16.6. The summed E-state index contributed by atoms with van der Waals surface area (Å²) in [5.74, 6) is 1.67. The summed E-state index contributed by atoms with van der Waals surface area (Å²) in [6, 6.07) is 0.580. The fourth-order valence-electron chi connectivity index (χ4n) is 1.99. The molecule has 0 heterocycles. The minimum absolute atomic E-state index is 0.580. The summed E-state index contributed by atoms with van der Waals surface area (Å²) in [5.41, 5.74) is 3.05. The molecule has 66 valence electrons. The van der Waals surface area contributed by atoms with Crippen LogP contribution in [0.25, 0.3) is 0 Å². The molecule has 1 rings (SSSR count). The minimum Gasteiger partial charge on any atom is -0.305 e. The van der Waals surface area contributed by atoms with Gasteiger partial charge in [-0.2, -0.15) is 5.48 Å². The first-order chi connectivity index (χ1) is 5.24. The van der Waals surface area contributed by atoms with Crippen LogP contribution in [0.3, 0.4) is 0 Å². The third-order valence-corrected chi connectivity index (χ3v) is 2.70. The van der Waals surface area contributed by atoms with Crippen LogP contribution in [0.15, 0.2) is 0 Å². The van der Waals surface area contributed by atoms with E-state index in [-0.39, 0.29) is 0 Å². The smallest absolute Gasteiger partial charge is 0.0572 e. The molecule has 0 aliphatic heterocycles. The Kier molecular flexibility index (Phi) is 3.34. The van der Waals surface area contributed by atoms with E-state index in [2.05, 4.69) is 19.3 Å². The molecule has 0 aromatic heterocycles. The Morgan fingerprint density at radius 2 is 2.00 bits per heavy atom. The summed E-state index contributed by atoms with van der Waals surface area (Å²) in [7, 11) is 1.70. The van der Waals surface area contributed by atoms with E-state index in [0.29, 0.717) is 6.04 Å². The second-order valence-corrected chi connectivity index (χ2v) is 3.82. The molecule has 11 heavy (non-hydrogen) atoms. The van der Waals surface area contributed by atoms with Gasteiger partial charge in [-0.1, -0.05) is 13.8 Å². The van der Waals surface area contributed by atoms with E-state index in [0.717, 1.165) is 11.8 Å². The van der Waals surface area contributed by atoms with Gasteiger partial charge < -0.3 is 4.84 Å². The predicted molar refractivity (Wildman–Crippen MR) is 46.1 cm³/mol. The first-order valence-corrected chi connectivity index (χ1v) is 4.52. The lowest BCUT2D eigenvalue weighted by Gasteiger charge is -2.32. The summed E-state index contributed by atoms with van der Waals surface area (Å²) in [5, 5.41) is 0. The topological polar surface area (TPSA) is 21.3 Å². The Bertz CT molecular complexity index is 116. The molecule has 0 aromatic carbocycles. The number of hydroxylamine groups is 1. The monoisotopic (exact) mass is 157 g/mol. The van der Waals surface area contributed by atoms with Crippen LogP contribution in [0.4, 0.5) is 0 Å². The zero-order chi connectivity index (χ0) is 8.27. The van der Waals surface area contributed by atoms with Crippen molar-refractivity contribution in [3.63, 3.8) is 0 Å². The second kappa shape index (κ2) is 4.07. The van der Waals surface area contributed by atoms with E-state index in [4.69, 9.17) is 4.84 Å². The first kappa shape index (κ1) is 9.01. The number of rotatable bonds is 2. The van der Waals surface area contributed by atoms with Crippen molar-refractivity contribution in [3.8, 4) is 0 Å². The van der Waals surface area contributed by atoms with Gasteiger partial charge in [0.15, 0.2) is 0 Å². The molecule has 2 heteroatoms. The second-order valence-electron chi connectivity index (χ2n) is 3.82. The molecule has 1 saturated carbocycles. The van der Waals surface area contributed by atoms with E-state index in [1.54, 1.807) is 7.11 Å². The lowest BCUT2D eigenvalue weighted by Crippen LogP contribution is -2.38. The van der Waals surface area contributed by atoms with Gasteiger partial charge in [0.25, 0.3) is 0 Å². The largest absolute Gasteiger partial charge is 0.305 e. The zero-order valence-electron chi connectivity index (χ0n) is 7.76. The fraction of sp³-hybridized carbons (Fsp3) is 1.00. The Labute approximate surface area is 69.3 Å². The number of nitrogens with one attached hydrogen (secondary N) is 1. The third kappa shape index (κ3) is 2.46. The van der Waals surface area contributed by atoms with Gasteiger partial charge in [0.05, 0.1) is 7.11 Å². The Morgan fingerprint density at radius 1 is 1.27 bits per heavy atom. The van der Waals surface area contributed by atoms with Crippen LogP contribution in [0.1, 0.15) is 33.1 Å². The van der Waals surface area contributed by atoms with Crippen molar-refractivity contribution >= 4 is 0 Å². The molecule has 0 bridgehead atoms. The minimum atomic E-state index is 0.580. The number of hydrogen-bond acceptors (Lipinski definition) is 2. The molecule has 0 saturated heterocycles. The van der Waals surface area contributed by atoms with Crippen molar-refractivity contribution < 1.29 is 4.84 Å². The van der Waals surface area contributed by atoms with Crippen LogP contribution in [0.2, 0.25) is 0 Å². The van der Waals surface area contributed by atoms with Crippen molar-refractivity contribution in [2.75, 3.05) is 7.11 Å². The van der Waals surface area contributed by atoms with Crippen LogP contribution in [-0.2, 0) is 4.84 Å². The highest BCUT2D eigenvalue weighted by molar-refractivity contribution is 4.78. The molecule has 0 spiro atoms. The Balaban J connectivity index is 2.31. The summed E-state index contributed by atoms with van der Waals surface area (Å²) in [6.07, 6.45) is 3.93. The quantitative estimate of drug-likeness (QED) is 0.619. The highest BCUT2D eigenvalue weighted by Crippen LogP contribution is 2.28. The fourth-order valence-corrected chi connectivity index (χ4v) is 1.99. The van der Waals surface area contributed by atoms with E-state index < -0.39 is 0 Å². The van der Waals surface area contributed by atoms with Crippen molar-refractivity contribution in [1.82, 2.24) is 5.48 Å². The van der Waals surface area contributed by atoms with Crippen molar-refractivity contribution in [2.24, 2.45) is 11.8 Å². The first-order valence-electron chi connectivity index (χ1n) is 4.52. The van der Waals surface area contributed by atoms with Gasteiger partial charge in [0.1, 0.15) is 0 Å². The van der Waals surface area contributed by atoms with E-state index in [1.807, 2.05) is 0 Å². The molecule has 0 radical (unpaired) electrons. The van der Waals surface area contributed by atoms with Gasteiger partial charge in [-0.3, -0.25) is 0 Å². The van der Waals surface area contributed by atoms with Crippen LogP contribution in [0.5, 0.6) is 0 Å². The van der Waals surface area contributed by atoms with Crippen LogP contribution >= 0.6 is 0 Å². The molecule has 1 aliphatic rings. The molecule has 0 amide bonds. The average Bonchev–Trinajstić information content (AvgIpc) is 1.95. The summed E-state index contributed by atoms with van der Waals surface area (Å²) >= 11 is 0. The molecular weight excluding hydrogens is 138 g/mol. The molecule has 1 aliphatic carbocycles. The van der Waals surface area contributed by atoms with Gasteiger partial charge in [0, 0.05) is 6.04 Å². The van der Waals surface area contributed by atoms with Crippen molar-refractivity contribution in [2.45, 2.75) is 39.2 Å². The third-order valence-electron chi connectivity index (χ3n) is 2.70. The van der Waals surface area contributed by atoms with Crippen LogP contribution in [0, 0.1) is 11.8 Å². The van der Waals surface area contributed by atoms with Crippen LogP contribution < -0.4 is 5.48 Å². The molecule has 3 atom stereocenters. The average molecular weight is 157 g/mol. The summed E-state index contributed by atoms with van der Waals surface area (Å²) in [4.78, 5) is 4.94. The van der Waals surface area contributed by atoms with Crippen molar-refractivity contribution in [3.05, 3.63) is 0 Å². The Hall–Kier alpha value is -0.0800. The SMILES string of the molecule is CONC1CCC(C)CC1C. The standard InChI is InChI=1S/C9H19NO/c1-7-4-5-9(10-11-3)8(2)6-7/h7-10H,4-6H2,1-3H3. The normalized spacial score (nSPS) is 39.0. The molecule has 1 N–H and O–H groups in total. The maximum atomic E-state index is 4.94. The Morgan fingerprint density at radius 3 is 2.55 bits per heavy atom. The maximum absolute atomic E-state index is 4.94. The van der Waals surface area contributed by atoms with Gasteiger partial charge in [-0.05, 0) is 31.1 Å². The van der Waals surface area contributed by atoms with Crippen molar-refractivity contribution in [1.29, 1.82) is 0 Å². The van der Waals surface area contributed by atoms with Crippen LogP contribution in [-0.4, -0.2) is 13.2 Å². The van der Waals surface area contributed by atoms with E-state index in [1.165, 1.54) is 19.3 Å². The summed E-state index contributed by atoms with van der Waals surface area (Å²) < 4.78 is 0. The number of hydrogen-bond donors (Lipinski definition) is 1. The van der Waals surface area contributed by atoms with Gasteiger partial charge in [-0.15, -0.1) is 0 Å². The van der Waals surface area contributed by atoms with Gasteiger partial charge in [0.2, 0.25) is 0 Å². The lowest BCUT2D eigenvalue weighted by atomic mass is 9.80. The molecule has 1 fully saturated rings. The molecular formula is C9H19NO. The predicted octanol–water partition coefficient (Wildman–Crippen LogP) is 1.96. The lowest BCUT2D eigenvalue weighted by molar-refractivity contribution is 0.0244. The highest BCUT2D eigenvalue weighted by Gasteiger charge is 2.24. The summed E-state index contributed by atoms with van der Waals surface area (Å²) in [6.45, 7) is 4.63.